The molecule has 6 heteroatoms. The zero-order valence-electron chi connectivity index (χ0n) is 12.1. The molecule has 1 aromatic carbocycles. The third-order valence-corrected chi connectivity index (χ3v) is 5.53. The van der Waals surface area contributed by atoms with Crippen molar-refractivity contribution in [2.75, 3.05) is 13.6 Å². The molecule has 0 aromatic heterocycles. The van der Waals surface area contributed by atoms with Crippen LogP contribution >= 0.6 is 0 Å². The molecule has 1 N–H and O–H groups in total. The van der Waals surface area contributed by atoms with E-state index in [9.17, 15) is 12.8 Å². The molecular formula is C14H21FN2O2S. The Labute approximate surface area is 120 Å². The van der Waals surface area contributed by atoms with Gasteiger partial charge >= 0.3 is 0 Å². The van der Waals surface area contributed by atoms with Crippen molar-refractivity contribution >= 4 is 10.0 Å². The summed E-state index contributed by atoms with van der Waals surface area (Å²) >= 11 is 0. The third-order valence-electron chi connectivity index (χ3n) is 3.62. The van der Waals surface area contributed by atoms with Crippen LogP contribution < -0.4 is 5.32 Å². The van der Waals surface area contributed by atoms with E-state index in [0.29, 0.717) is 30.3 Å². The van der Waals surface area contributed by atoms with Crippen LogP contribution in [0.3, 0.4) is 0 Å². The van der Waals surface area contributed by atoms with Crippen LogP contribution in [0.25, 0.3) is 0 Å². The largest absolute Gasteiger partial charge is 0.310 e. The van der Waals surface area contributed by atoms with Crippen molar-refractivity contribution in [2.24, 2.45) is 0 Å². The maximum absolute atomic E-state index is 14.1. The lowest BCUT2D eigenvalue weighted by Gasteiger charge is -2.17. The summed E-state index contributed by atoms with van der Waals surface area (Å²) in [7, 11) is -2.01. The lowest BCUT2D eigenvalue weighted by molar-refractivity contribution is 0.485. The number of aryl methyl sites for hydroxylation is 1. The second-order valence-electron chi connectivity index (χ2n) is 5.29. The Hall–Kier alpha value is -0.980. The van der Waals surface area contributed by atoms with Crippen LogP contribution in [0.1, 0.15) is 30.9 Å². The Morgan fingerprint density at radius 2 is 2.05 bits per heavy atom. The first-order valence-electron chi connectivity index (χ1n) is 6.85. The normalized spacial score (nSPS) is 15.8. The number of hydrogen-bond donors (Lipinski definition) is 1. The fraction of sp³-hybridized carbons (Fsp3) is 0.571. The molecule has 0 unspecified atom stereocenters. The molecule has 0 heterocycles. The van der Waals surface area contributed by atoms with E-state index < -0.39 is 10.0 Å². The molecule has 0 aliphatic heterocycles. The number of hydrogen-bond acceptors (Lipinski definition) is 3. The van der Waals surface area contributed by atoms with Gasteiger partial charge in [0, 0.05) is 31.7 Å². The van der Waals surface area contributed by atoms with Crippen molar-refractivity contribution in [1.29, 1.82) is 0 Å². The van der Waals surface area contributed by atoms with Crippen LogP contribution in [0.15, 0.2) is 17.0 Å². The van der Waals surface area contributed by atoms with Gasteiger partial charge in [0.1, 0.15) is 5.82 Å². The molecule has 112 valence electrons. The van der Waals surface area contributed by atoms with Crippen LogP contribution in [0, 0.1) is 12.7 Å². The molecule has 0 atom stereocenters. The molecule has 1 fully saturated rings. The van der Waals surface area contributed by atoms with Gasteiger partial charge in [-0.3, -0.25) is 0 Å². The quantitative estimate of drug-likeness (QED) is 0.874. The van der Waals surface area contributed by atoms with Gasteiger partial charge in [0.15, 0.2) is 0 Å². The van der Waals surface area contributed by atoms with Gasteiger partial charge < -0.3 is 5.32 Å². The molecule has 1 saturated carbocycles. The van der Waals surface area contributed by atoms with E-state index in [-0.39, 0.29) is 10.7 Å². The second-order valence-corrected chi connectivity index (χ2v) is 7.33. The minimum Gasteiger partial charge on any atom is -0.310 e. The number of sulfonamides is 1. The van der Waals surface area contributed by atoms with E-state index in [1.165, 1.54) is 23.5 Å². The van der Waals surface area contributed by atoms with Gasteiger partial charge in [-0.1, -0.05) is 6.92 Å². The van der Waals surface area contributed by atoms with Crippen LogP contribution in [0.2, 0.25) is 0 Å². The predicted molar refractivity (Wildman–Crippen MR) is 76.5 cm³/mol. The maximum Gasteiger partial charge on any atom is 0.242 e. The first kappa shape index (κ1) is 15.4. The van der Waals surface area contributed by atoms with Gasteiger partial charge in [-0.05, 0) is 37.5 Å². The minimum atomic E-state index is -3.53. The van der Waals surface area contributed by atoms with E-state index in [1.807, 2.05) is 0 Å². The zero-order chi connectivity index (χ0) is 14.9. The van der Waals surface area contributed by atoms with Gasteiger partial charge in [-0.15, -0.1) is 0 Å². The SMILES string of the molecule is CCN(C)S(=O)(=O)c1cc(C)c(F)c(CNC2CC2)c1. The molecule has 0 saturated heterocycles. The van der Waals surface area contributed by atoms with Crippen molar-refractivity contribution in [1.82, 2.24) is 9.62 Å². The molecule has 1 aliphatic carbocycles. The zero-order valence-corrected chi connectivity index (χ0v) is 12.9. The highest BCUT2D eigenvalue weighted by atomic mass is 32.2. The van der Waals surface area contributed by atoms with E-state index in [1.54, 1.807) is 13.8 Å². The summed E-state index contributed by atoms with van der Waals surface area (Å²) in [6.07, 6.45) is 2.22. The van der Waals surface area contributed by atoms with Crippen molar-refractivity contribution < 1.29 is 12.8 Å². The molecule has 2 rings (SSSR count). The Morgan fingerprint density at radius 1 is 1.40 bits per heavy atom. The maximum atomic E-state index is 14.1. The Kier molecular flexibility index (Phi) is 4.46. The van der Waals surface area contributed by atoms with Gasteiger partial charge in [0.25, 0.3) is 0 Å². The summed E-state index contributed by atoms with van der Waals surface area (Å²) in [6.45, 7) is 4.12. The summed E-state index contributed by atoms with van der Waals surface area (Å²) in [5, 5.41) is 3.21. The van der Waals surface area contributed by atoms with Gasteiger partial charge in [-0.25, -0.2) is 17.1 Å². The molecule has 20 heavy (non-hydrogen) atoms. The van der Waals surface area contributed by atoms with Crippen LogP contribution in [-0.2, 0) is 16.6 Å². The lowest BCUT2D eigenvalue weighted by Crippen LogP contribution is -2.27. The molecule has 0 amide bonds. The highest BCUT2D eigenvalue weighted by Crippen LogP contribution is 2.24. The Morgan fingerprint density at radius 3 is 2.60 bits per heavy atom. The monoisotopic (exact) mass is 300 g/mol. The summed E-state index contributed by atoms with van der Waals surface area (Å²) in [5.74, 6) is -0.323. The van der Waals surface area contributed by atoms with Crippen molar-refractivity contribution in [2.45, 2.75) is 44.2 Å². The summed E-state index contributed by atoms with van der Waals surface area (Å²) in [6, 6.07) is 3.30. The van der Waals surface area contributed by atoms with Crippen molar-refractivity contribution in [3.8, 4) is 0 Å². The summed E-state index contributed by atoms with van der Waals surface area (Å²) in [5.41, 5.74) is 0.781. The number of rotatable bonds is 6. The minimum absolute atomic E-state index is 0.161. The van der Waals surface area contributed by atoms with Crippen LogP contribution in [0.5, 0.6) is 0 Å². The number of halogens is 1. The van der Waals surface area contributed by atoms with Crippen LogP contribution in [-0.4, -0.2) is 32.4 Å². The van der Waals surface area contributed by atoms with E-state index >= 15 is 0 Å². The predicted octanol–water partition coefficient (Wildman–Crippen LogP) is 2.03. The average Bonchev–Trinajstić information content (AvgIpc) is 3.23. The average molecular weight is 300 g/mol. The van der Waals surface area contributed by atoms with Gasteiger partial charge in [0.05, 0.1) is 4.90 Å². The van der Waals surface area contributed by atoms with Crippen LogP contribution in [0.4, 0.5) is 4.39 Å². The first-order chi connectivity index (χ1) is 9.36. The highest BCUT2D eigenvalue weighted by Gasteiger charge is 2.24. The molecule has 1 aromatic rings. The third kappa shape index (κ3) is 3.19. The molecule has 0 bridgehead atoms. The van der Waals surface area contributed by atoms with Gasteiger partial charge in [-0.2, -0.15) is 0 Å². The summed E-state index contributed by atoms with van der Waals surface area (Å²) in [4.78, 5) is 0.161. The molecule has 0 radical (unpaired) electrons. The van der Waals surface area contributed by atoms with Gasteiger partial charge in [0.2, 0.25) is 10.0 Å². The first-order valence-corrected chi connectivity index (χ1v) is 8.29. The van der Waals surface area contributed by atoms with E-state index in [4.69, 9.17) is 0 Å². The number of nitrogens with one attached hydrogen (secondary N) is 1. The molecule has 4 nitrogen and oxygen atoms in total. The lowest BCUT2D eigenvalue weighted by atomic mass is 10.1. The second kappa shape index (κ2) is 5.79. The van der Waals surface area contributed by atoms with Crippen molar-refractivity contribution in [3.63, 3.8) is 0 Å². The Bertz CT molecular complexity index is 597. The topological polar surface area (TPSA) is 49.4 Å². The standard InChI is InChI=1S/C14H21FN2O2S/c1-4-17(3)20(18,19)13-7-10(2)14(15)11(8-13)9-16-12-5-6-12/h7-8,12,16H,4-6,9H2,1-3H3. The molecular weight excluding hydrogens is 279 g/mol. The van der Waals surface area contributed by atoms with E-state index in [0.717, 1.165) is 12.8 Å². The van der Waals surface area contributed by atoms with Crippen molar-refractivity contribution in [3.05, 3.63) is 29.1 Å². The Balaban J connectivity index is 2.34. The highest BCUT2D eigenvalue weighted by molar-refractivity contribution is 7.89. The molecule has 1 aliphatic rings. The molecule has 0 spiro atoms. The fourth-order valence-electron chi connectivity index (χ4n) is 1.98. The number of benzene rings is 1. The number of nitrogens with zero attached hydrogens (tertiary/aromatic N) is 1. The fourth-order valence-corrected chi connectivity index (χ4v) is 3.29. The van der Waals surface area contributed by atoms with E-state index in [2.05, 4.69) is 5.32 Å². The smallest absolute Gasteiger partial charge is 0.242 e. The summed E-state index contributed by atoms with van der Waals surface area (Å²) < 4.78 is 40.0.